The lowest BCUT2D eigenvalue weighted by Gasteiger charge is -2.12. The standard InChI is InChI=1S/C15H19N3O2S/c1-10-13(15(20)16-6-7-19)4-3-5-14(10)17-8-12-9-21-11(2)18-12/h3-5,9,17,19H,6-8H2,1-2H3,(H,16,20). The number of rotatable bonds is 6. The average Bonchev–Trinajstić information content (AvgIpc) is 2.89. The van der Waals surface area contributed by atoms with Crippen molar-refractivity contribution in [2.24, 2.45) is 0 Å². The zero-order valence-corrected chi connectivity index (χ0v) is 13.0. The lowest BCUT2D eigenvalue weighted by Crippen LogP contribution is -2.27. The van der Waals surface area contributed by atoms with Crippen molar-refractivity contribution in [1.82, 2.24) is 10.3 Å². The zero-order chi connectivity index (χ0) is 15.2. The zero-order valence-electron chi connectivity index (χ0n) is 12.1. The number of benzene rings is 1. The smallest absolute Gasteiger partial charge is 0.251 e. The highest BCUT2D eigenvalue weighted by Crippen LogP contribution is 2.20. The van der Waals surface area contributed by atoms with Crippen LogP contribution in [0.5, 0.6) is 0 Å². The SMILES string of the molecule is Cc1nc(CNc2cccc(C(=O)NCCO)c2C)cs1. The van der Waals surface area contributed by atoms with E-state index in [9.17, 15) is 4.79 Å². The molecule has 21 heavy (non-hydrogen) atoms. The summed E-state index contributed by atoms with van der Waals surface area (Å²) in [6.45, 7) is 4.71. The van der Waals surface area contributed by atoms with Crippen molar-refractivity contribution in [1.29, 1.82) is 0 Å². The van der Waals surface area contributed by atoms with Gasteiger partial charge < -0.3 is 15.7 Å². The third kappa shape index (κ3) is 4.03. The Labute approximate surface area is 128 Å². The Hall–Kier alpha value is -1.92. The normalized spacial score (nSPS) is 10.4. The van der Waals surface area contributed by atoms with E-state index in [1.165, 1.54) is 0 Å². The number of aliphatic hydroxyl groups is 1. The first kappa shape index (κ1) is 15.5. The second kappa shape index (κ2) is 7.19. The molecule has 6 heteroatoms. The molecule has 5 nitrogen and oxygen atoms in total. The second-order valence-corrected chi connectivity index (χ2v) is 5.73. The number of aliphatic hydroxyl groups excluding tert-OH is 1. The topological polar surface area (TPSA) is 74.2 Å². The molecule has 0 bridgehead atoms. The summed E-state index contributed by atoms with van der Waals surface area (Å²) < 4.78 is 0. The van der Waals surface area contributed by atoms with Gasteiger partial charge in [0.2, 0.25) is 0 Å². The van der Waals surface area contributed by atoms with E-state index in [-0.39, 0.29) is 19.1 Å². The summed E-state index contributed by atoms with van der Waals surface area (Å²) in [7, 11) is 0. The second-order valence-electron chi connectivity index (χ2n) is 4.67. The van der Waals surface area contributed by atoms with E-state index in [0.717, 1.165) is 22.0 Å². The summed E-state index contributed by atoms with van der Waals surface area (Å²) in [4.78, 5) is 16.4. The van der Waals surface area contributed by atoms with E-state index in [0.29, 0.717) is 12.1 Å². The van der Waals surface area contributed by atoms with Gasteiger partial charge in [-0.2, -0.15) is 0 Å². The number of carbonyl (C=O) groups is 1. The molecule has 0 spiro atoms. The van der Waals surface area contributed by atoms with Crippen molar-refractivity contribution < 1.29 is 9.90 Å². The molecule has 0 fully saturated rings. The van der Waals surface area contributed by atoms with E-state index in [2.05, 4.69) is 15.6 Å². The lowest BCUT2D eigenvalue weighted by molar-refractivity contribution is 0.0944. The first-order valence-corrected chi connectivity index (χ1v) is 7.63. The van der Waals surface area contributed by atoms with Crippen LogP contribution < -0.4 is 10.6 Å². The Bertz CT molecular complexity index is 625. The molecule has 1 heterocycles. The lowest BCUT2D eigenvalue weighted by atomic mass is 10.1. The van der Waals surface area contributed by atoms with Crippen LogP contribution in [0.2, 0.25) is 0 Å². The van der Waals surface area contributed by atoms with E-state index in [4.69, 9.17) is 5.11 Å². The van der Waals surface area contributed by atoms with Crippen LogP contribution >= 0.6 is 11.3 Å². The number of nitrogens with one attached hydrogen (secondary N) is 2. The molecule has 0 unspecified atom stereocenters. The quantitative estimate of drug-likeness (QED) is 0.764. The minimum Gasteiger partial charge on any atom is -0.395 e. The monoisotopic (exact) mass is 305 g/mol. The number of nitrogens with zero attached hydrogens (tertiary/aromatic N) is 1. The van der Waals surface area contributed by atoms with Gasteiger partial charge in [0, 0.05) is 23.2 Å². The fourth-order valence-corrected chi connectivity index (χ4v) is 2.63. The van der Waals surface area contributed by atoms with Crippen molar-refractivity contribution in [3.63, 3.8) is 0 Å². The highest BCUT2D eigenvalue weighted by Gasteiger charge is 2.11. The summed E-state index contributed by atoms with van der Waals surface area (Å²) >= 11 is 1.62. The third-order valence-corrected chi connectivity index (χ3v) is 3.92. The highest BCUT2D eigenvalue weighted by molar-refractivity contribution is 7.09. The molecule has 2 rings (SSSR count). The Kier molecular flexibility index (Phi) is 5.30. The molecular formula is C15H19N3O2S. The molecule has 3 N–H and O–H groups in total. The van der Waals surface area contributed by atoms with Crippen LogP contribution in [0.25, 0.3) is 0 Å². The predicted molar refractivity (Wildman–Crippen MR) is 84.8 cm³/mol. The van der Waals surface area contributed by atoms with Gasteiger partial charge in [-0.05, 0) is 31.5 Å². The molecule has 0 saturated carbocycles. The van der Waals surface area contributed by atoms with Crippen molar-refractivity contribution in [2.45, 2.75) is 20.4 Å². The van der Waals surface area contributed by atoms with Gasteiger partial charge in [0.1, 0.15) is 0 Å². The van der Waals surface area contributed by atoms with Crippen LogP contribution in [0, 0.1) is 13.8 Å². The number of anilines is 1. The van der Waals surface area contributed by atoms with Gasteiger partial charge in [0.15, 0.2) is 0 Å². The number of aromatic nitrogens is 1. The first-order valence-electron chi connectivity index (χ1n) is 6.75. The Balaban J connectivity index is 2.08. The summed E-state index contributed by atoms with van der Waals surface area (Å²) in [5.41, 5.74) is 3.41. The van der Waals surface area contributed by atoms with Gasteiger partial charge in [-0.15, -0.1) is 11.3 Å². The molecular weight excluding hydrogens is 286 g/mol. The summed E-state index contributed by atoms with van der Waals surface area (Å²) in [6.07, 6.45) is 0. The van der Waals surface area contributed by atoms with E-state index < -0.39 is 0 Å². The molecule has 2 aromatic rings. The highest BCUT2D eigenvalue weighted by atomic mass is 32.1. The third-order valence-electron chi connectivity index (χ3n) is 3.10. The number of carbonyl (C=O) groups excluding carboxylic acids is 1. The van der Waals surface area contributed by atoms with Crippen LogP contribution in [0.4, 0.5) is 5.69 Å². The number of amides is 1. The average molecular weight is 305 g/mol. The summed E-state index contributed by atoms with van der Waals surface area (Å²) in [5, 5.41) is 17.8. The van der Waals surface area contributed by atoms with Gasteiger partial charge in [-0.1, -0.05) is 6.07 Å². The number of hydrogen-bond donors (Lipinski definition) is 3. The number of aryl methyl sites for hydroxylation is 1. The van der Waals surface area contributed by atoms with Crippen LogP contribution in [0.1, 0.15) is 26.6 Å². The maximum atomic E-state index is 12.0. The van der Waals surface area contributed by atoms with Crippen LogP contribution in [-0.2, 0) is 6.54 Å². The maximum absolute atomic E-state index is 12.0. The van der Waals surface area contributed by atoms with E-state index >= 15 is 0 Å². The molecule has 1 amide bonds. The molecule has 112 valence electrons. The van der Waals surface area contributed by atoms with Crippen LogP contribution in [0.15, 0.2) is 23.6 Å². The summed E-state index contributed by atoms with van der Waals surface area (Å²) in [5.74, 6) is -0.172. The minimum atomic E-state index is -0.172. The van der Waals surface area contributed by atoms with Crippen LogP contribution in [0.3, 0.4) is 0 Å². The van der Waals surface area contributed by atoms with Crippen molar-refractivity contribution >= 4 is 22.9 Å². The number of hydrogen-bond acceptors (Lipinski definition) is 5. The maximum Gasteiger partial charge on any atom is 0.251 e. The molecule has 1 aromatic carbocycles. The number of thiazole rings is 1. The van der Waals surface area contributed by atoms with Gasteiger partial charge >= 0.3 is 0 Å². The van der Waals surface area contributed by atoms with Crippen molar-refractivity contribution in [3.8, 4) is 0 Å². The molecule has 0 aliphatic rings. The van der Waals surface area contributed by atoms with Gasteiger partial charge in [-0.25, -0.2) is 4.98 Å². The molecule has 0 atom stereocenters. The van der Waals surface area contributed by atoms with Gasteiger partial charge in [0.05, 0.1) is 23.9 Å². The minimum absolute atomic E-state index is 0.0636. The fraction of sp³-hybridized carbons (Fsp3) is 0.333. The molecule has 0 saturated heterocycles. The predicted octanol–water partition coefficient (Wildman–Crippen LogP) is 2.09. The van der Waals surface area contributed by atoms with Crippen molar-refractivity contribution in [3.05, 3.63) is 45.4 Å². The molecule has 0 aliphatic carbocycles. The first-order chi connectivity index (χ1) is 10.1. The largest absolute Gasteiger partial charge is 0.395 e. The summed E-state index contributed by atoms with van der Waals surface area (Å²) in [6, 6.07) is 5.56. The van der Waals surface area contributed by atoms with Gasteiger partial charge in [0.25, 0.3) is 5.91 Å². The van der Waals surface area contributed by atoms with Crippen molar-refractivity contribution in [2.75, 3.05) is 18.5 Å². The molecule has 0 radical (unpaired) electrons. The fourth-order valence-electron chi connectivity index (χ4n) is 2.01. The molecule has 1 aromatic heterocycles. The Morgan fingerprint density at radius 3 is 2.86 bits per heavy atom. The van der Waals surface area contributed by atoms with Gasteiger partial charge in [-0.3, -0.25) is 4.79 Å². The van der Waals surface area contributed by atoms with Crippen LogP contribution in [-0.4, -0.2) is 29.1 Å². The van der Waals surface area contributed by atoms with E-state index in [1.54, 1.807) is 17.4 Å². The molecule has 0 aliphatic heterocycles. The Morgan fingerprint density at radius 2 is 2.19 bits per heavy atom. The van der Waals surface area contributed by atoms with E-state index in [1.807, 2.05) is 31.4 Å². The Morgan fingerprint density at radius 1 is 1.38 bits per heavy atom.